The Kier molecular flexibility index (Phi) is 3.59. The van der Waals surface area contributed by atoms with Crippen molar-refractivity contribution in [3.05, 3.63) is 0 Å². The summed E-state index contributed by atoms with van der Waals surface area (Å²) in [5, 5.41) is 8.83. The fourth-order valence-electron chi connectivity index (χ4n) is 2.43. The molecule has 4 heteroatoms. The number of aliphatic hydroxyl groups excluding tert-OH is 1. The Hall–Kier alpha value is -0.610. The SMILES string of the molecule is O=C(C1CCCO1)N1CCC(CCO)C1. The third kappa shape index (κ3) is 2.49. The number of ether oxygens (including phenoxy) is 1. The van der Waals surface area contributed by atoms with E-state index in [2.05, 4.69) is 0 Å². The van der Waals surface area contributed by atoms with E-state index in [1.54, 1.807) is 0 Å². The third-order valence-electron chi connectivity index (χ3n) is 3.34. The minimum absolute atomic E-state index is 0.160. The highest BCUT2D eigenvalue weighted by atomic mass is 16.5. The molecule has 0 aliphatic carbocycles. The molecule has 0 aromatic heterocycles. The average molecular weight is 213 g/mol. The molecule has 0 saturated carbocycles. The fourth-order valence-corrected chi connectivity index (χ4v) is 2.43. The number of aliphatic hydroxyl groups is 1. The topological polar surface area (TPSA) is 49.8 Å². The van der Waals surface area contributed by atoms with Crippen LogP contribution in [0.2, 0.25) is 0 Å². The van der Waals surface area contributed by atoms with E-state index in [1.165, 1.54) is 0 Å². The number of hydrogen-bond donors (Lipinski definition) is 1. The Morgan fingerprint density at radius 2 is 2.33 bits per heavy atom. The molecule has 0 bridgehead atoms. The first kappa shape index (κ1) is 10.9. The van der Waals surface area contributed by atoms with E-state index in [-0.39, 0.29) is 18.6 Å². The summed E-state index contributed by atoms with van der Waals surface area (Å²) >= 11 is 0. The number of nitrogens with zero attached hydrogens (tertiary/aromatic N) is 1. The maximum absolute atomic E-state index is 11.9. The largest absolute Gasteiger partial charge is 0.396 e. The summed E-state index contributed by atoms with van der Waals surface area (Å²) in [7, 11) is 0. The third-order valence-corrected chi connectivity index (χ3v) is 3.34. The molecule has 2 aliphatic heterocycles. The summed E-state index contributed by atoms with van der Waals surface area (Å²) in [6, 6.07) is 0. The van der Waals surface area contributed by atoms with Crippen molar-refractivity contribution in [1.82, 2.24) is 4.90 Å². The van der Waals surface area contributed by atoms with Gasteiger partial charge < -0.3 is 14.7 Å². The van der Waals surface area contributed by atoms with E-state index in [1.807, 2.05) is 4.90 Å². The molecule has 86 valence electrons. The van der Waals surface area contributed by atoms with Crippen molar-refractivity contribution in [2.75, 3.05) is 26.3 Å². The summed E-state index contributed by atoms with van der Waals surface area (Å²) in [5.74, 6) is 0.647. The number of carbonyl (C=O) groups is 1. The van der Waals surface area contributed by atoms with Gasteiger partial charge in [0.2, 0.25) is 0 Å². The summed E-state index contributed by atoms with van der Waals surface area (Å²) < 4.78 is 5.38. The van der Waals surface area contributed by atoms with Crippen LogP contribution in [0.15, 0.2) is 0 Å². The van der Waals surface area contributed by atoms with Crippen LogP contribution in [0.1, 0.15) is 25.7 Å². The predicted octanol–water partition coefficient (Wildman–Crippen LogP) is 0.396. The van der Waals surface area contributed by atoms with Gasteiger partial charge in [0.1, 0.15) is 6.10 Å². The number of likely N-dealkylation sites (tertiary alicyclic amines) is 1. The highest BCUT2D eigenvalue weighted by Gasteiger charge is 2.32. The Morgan fingerprint density at radius 1 is 1.47 bits per heavy atom. The smallest absolute Gasteiger partial charge is 0.251 e. The van der Waals surface area contributed by atoms with Gasteiger partial charge in [-0.05, 0) is 31.6 Å². The van der Waals surface area contributed by atoms with E-state index in [9.17, 15) is 4.79 Å². The van der Waals surface area contributed by atoms with E-state index in [0.29, 0.717) is 5.92 Å². The molecule has 2 atom stereocenters. The van der Waals surface area contributed by atoms with Crippen LogP contribution in [0.4, 0.5) is 0 Å². The lowest BCUT2D eigenvalue weighted by molar-refractivity contribution is -0.139. The van der Waals surface area contributed by atoms with Crippen molar-refractivity contribution in [3.63, 3.8) is 0 Å². The molecule has 1 amide bonds. The lowest BCUT2D eigenvalue weighted by Crippen LogP contribution is -2.37. The molecule has 2 saturated heterocycles. The van der Waals surface area contributed by atoms with Gasteiger partial charge in [0.25, 0.3) is 5.91 Å². The lowest BCUT2D eigenvalue weighted by atomic mass is 10.1. The molecule has 2 rings (SSSR count). The minimum Gasteiger partial charge on any atom is -0.396 e. The summed E-state index contributed by atoms with van der Waals surface area (Å²) in [6.45, 7) is 2.60. The molecule has 2 heterocycles. The van der Waals surface area contributed by atoms with Gasteiger partial charge >= 0.3 is 0 Å². The van der Waals surface area contributed by atoms with Crippen LogP contribution < -0.4 is 0 Å². The van der Waals surface area contributed by atoms with Gasteiger partial charge in [-0.1, -0.05) is 0 Å². The monoisotopic (exact) mass is 213 g/mol. The van der Waals surface area contributed by atoms with Crippen molar-refractivity contribution in [3.8, 4) is 0 Å². The van der Waals surface area contributed by atoms with Gasteiger partial charge in [0.05, 0.1) is 0 Å². The van der Waals surface area contributed by atoms with Crippen molar-refractivity contribution in [2.45, 2.75) is 31.8 Å². The number of rotatable bonds is 3. The molecular weight excluding hydrogens is 194 g/mol. The quantitative estimate of drug-likeness (QED) is 0.738. The van der Waals surface area contributed by atoms with Gasteiger partial charge in [-0.3, -0.25) is 4.79 Å². The first-order chi connectivity index (χ1) is 7.31. The molecule has 4 nitrogen and oxygen atoms in total. The Balaban J connectivity index is 1.81. The van der Waals surface area contributed by atoms with Crippen LogP contribution in [-0.4, -0.2) is 48.3 Å². The molecular formula is C11H19NO3. The van der Waals surface area contributed by atoms with Crippen LogP contribution >= 0.6 is 0 Å². The molecule has 2 fully saturated rings. The van der Waals surface area contributed by atoms with E-state index in [0.717, 1.165) is 45.4 Å². The van der Waals surface area contributed by atoms with E-state index >= 15 is 0 Å². The summed E-state index contributed by atoms with van der Waals surface area (Å²) in [4.78, 5) is 13.8. The zero-order valence-corrected chi connectivity index (χ0v) is 9.02. The molecule has 2 aliphatic rings. The van der Waals surface area contributed by atoms with Crippen LogP contribution in [0.5, 0.6) is 0 Å². The van der Waals surface area contributed by atoms with Crippen LogP contribution in [0.25, 0.3) is 0 Å². The molecule has 0 radical (unpaired) electrons. The first-order valence-electron chi connectivity index (χ1n) is 5.82. The zero-order chi connectivity index (χ0) is 10.7. The Morgan fingerprint density at radius 3 is 3.00 bits per heavy atom. The second kappa shape index (κ2) is 4.94. The Bertz CT molecular complexity index is 226. The van der Waals surface area contributed by atoms with Crippen molar-refractivity contribution in [1.29, 1.82) is 0 Å². The maximum atomic E-state index is 11.9. The molecule has 0 aromatic carbocycles. The molecule has 1 N–H and O–H groups in total. The summed E-state index contributed by atoms with van der Waals surface area (Å²) in [5.41, 5.74) is 0. The molecule has 15 heavy (non-hydrogen) atoms. The lowest BCUT2D eigenvalue weighted by Gasteiger charge is -2.19. The van der Waals surface area contributed by atoms with Gasteiger partial charge in [-0.2, -0.15) is 0 Å². The van der Waals surface area contributed by atoms with Crippen molar-refractivity contribution >= 4 is 5.91 Å². The van der Waals surface area contributed by atoms with Crippen LogP contribution in [-0.2, 0) is 9.53 Å². The van der Waals surface area contributed by atoms with Gasteiger partial charge in [0, 0.05) is 26.3 Å². The average Bonchev–Trinajstić information content (AvgIpc) is 2.87. The van der Waals surface area contributed by atoms with Gasteiger partial charge in [0.15, 0.2) is 0 Å². The first-order valence-corrected chi connectivity index (χ1v) is 5.82. The standard InChI is InChI=1S/C11H19NO3/c13-6-4-9-3-5-12(8-9)11(14)10-2-1-7-15-10/h9-10,13H,1-8H2. The normalized spacial score (nSPS) is 31.1. The number of carbonyl (C=O) groups excluding carboxylic acids is 1. The Labute approximate surface area is 90.2 Å². The minimum atomic E-state index is -0.183. The van der Waals surface area contributed by atoms with Gasteiger partial charge in [-0.25, -0.2) is 0 Å². The van der Waals surface area contributed by atoms with Crippen LogP contribution in [0.3, 0.4) is 0 Å². The van der Waals surface area contributed by atoms with E-state index in [4.69, 9.17) is 9.84 Å². The van der Waals surface area contributed by atoms with Crippen molar-refractivity contribution in [2.24, 2.45) is 5.92 Å². The molecule has 2 unspecified atom stereocenters. The maximum Gasteiger partial charge on any atom is 0.251 e. The van der Waals surface area contributed by atoms with Crippen LogP contribution in [0, 0.1) is 5.92 Å². The second-order valence-electron chi connectivity index (χ2n) is 4.45. The highest BCUT2D eigenvalue weighted by Crippen LogP contribution is 2.22. The predicted molar refractivity (Wildman–Crippen MR) is 55.4 cm³/mol. The fraction of sp³-hybridized carbons (Fsp3) is 0.909. The molecule has 0 aromatic rings. The zero-order valence-electron chi connectivity index (χ0n) is 9.02. The number of amides is 1. The van der Waals surface area contributed by atoms with Crippen molar-refractivity contribution < 1.29 is 14.6 Å². The second-order valence-corrected chi connectivity index (χ2v) is 4.45. The summed E-state index contributed by atoms with van der Waals surface area (Å²) in [6.07, 6.45) is 3.54. The van der Waals surface area contributed by atoms with E-state index < -0.39 is 0 Å². The number of hydrogen-bond acceptors (Lipinski definition) is 3. The van der Waals surface area contributed by atoms with Gasteiger partial charge in [-0.15, -0.1) is 0 Å². The highest BCUT2D eigenvalue weighted by molar-refractivity contribution is 5.81. The molecule has 0 spiro atoms.